The molecule has 0 aromatic carbocycles. The first kappa shape index (κ1) is 19.0. The Morgan fingerprint density at radius 1 is 1.27 bits per heavy atom. The van der Waals surface area contributed by atoms with E-state index in [1.165, 1.54) is 22.8 Å². The number of hydrogen-bond acceptors (Lipinski definition) is 5. The summed E-state index contributed by atoms with van der Waals surface area (Å²) in [6.45, 7) is 3.08. The Bertz CT molecular complexity index is 1180. The molecule has 5 heterocycles. The van der Waals surface area contributed by atoms with E-state index >= 15 is 0 Å². The number of nitrogens with one attached hydrogen (secondary N) is 1. The Hall–Kier alpha value is -2.94. The van der Waals surface area contributed by atoms with E-state index in [1.807, 2.05) is 28.5 Å². The van der Waals surface area contributed by atoms with Crippen LogP contribution in [0.15, 0.2) is 28.4 Å². The van der Waals surface area contributed by atoms with E-state index < -0.39 is 0 Å². The van der Waals surface area contributed by atoms with Gasteiger partial charge in [-0.05, 0) is 30.7 Å². The second-order valence-electron chi connectivity index (χ2n) is 7.93. The third kappa shape index (κ3) is 3.13. The molecule has 156 valence electrons. The van der Waals surface area contributed by atoms with Gasteiger partial charge in [0.15, 0.2) is 5.65 Å². The summed E-state index contributed by atoms with van der Waals surface area (Å²) < 4.78 is 1.46. The topological polar surface area (TPSA) is 90.8 Å². The predicted molar refractivity (Wildman–Crippen MR) is 113 cm³/mol. The van der Waals surface area contributed by atoms with Crippen LogP contribution in [0.1, 0.15) is 58.9 Å². The van der Waals surface area contributed by atoms with E-state index in [2.05, 4.69) is 5.10 Å². The van der Waals surface area contributed by atoms with Crippen molar-refractivity contribution < 1.29 is 9.59 Å². The number of likely N-dealkylation sites (tertiary alicyclic amines) is 1. The summed E-state index contributed by atoms with van der Waals surface area (Å²) in [7, 11) is 0. The molecule has 0 bridgehead atoms. The molecule has 2 amide bonds. The van der Waals surface area contributed by atoms with Crippen LogP contribution < -0.4 is 5.56 Å². The van der Waals surface area contributed by atoms with E-state index in [4.69, 9.17) is 4.98 Å². The van der Waals surface area contributed by atoms with E-state index in [0.29, 0.717) is 37.3 Å². The number of fused-ring (bicyclic) bond motifs is 2. The van der Waals surface area contributed by atoms with Gasteiger partial charge in [-0.1, -0.05) is 6.07 Å². The van der Waals surface area contributed by atoms with Gasteiger partial charge in [0.2, 0.25) is 5.91 Å². The van der Waals surface area contributed by atoms with E-state index in [9.17, 15) is 14.4 Å². The van der Waals surface area contributed by atoms with Crippen LogP contribution in [0, 0.1) is 0 Å². The van der Waals surface area contributed by atoms with Crippen molar-refractivity contribution in [2.24, 2.45) is 0 Å². The van der Waals surface area contributed by atoms with Crippen LogP contribution in [-0.4, -0.2) is 49.3 Å². The molecule has 0 aliphatic carbocycles. The molecule has 1 saturated heterocycles. The fourth-order valence-corrected chi connectivity index (χ4v) is 5.16. The molecule has 5 rings (SSSR count). The molecule has 3 aromatic rings. The van der Waals surface area contributed by atoms with Gasteiger partial charge in [0, 0.05) is 32.5 Å². The fourth-order valence-electron chi connectivity index (χ4n) is 4.48. The molecule has 0 unspecified atom stereocenters. The summed E-state index contributed by atoms with van der Waals surface area (Å²) in [5, 5.41) is 5.12. The average Bonchev–Trinajstić information content (AvgIpc) is 3.43. The lowest BCUT2D eigenvalue weighted by Crippen LogP contribution is -2.39. The van der Waals surface area contributed by atoms with Gasteiger partial charge in [-0.25, -0.2) is 9.50 Å². The Balaban J connectivity index is 1.53. The number of nitrogens with zero attached hydrogens (tertiary/aromatic N) is 4. The summed E-state index contributed by atoms with van der Waals surface area (Å²) in [5.74, 6) is -0.00712. The summed E-state index contributed by atoms with van der Waals surface area (Å²) >= 11 is 1.45. The highest BCUT2D eigenvalue weighted by Gasteiger charge is 2.31. The number of aromatic nitrogens is 3. The van der Waals surface area contributed by atoms with E-state index in [1.54, 1.807) is 4.90 Å². The van der Waals surface area contributed by atoms with E-state index in [-0.39, 0.29) is 23.4 Å². The van der Waals surface area contributed by atoms with E-state index in [0.717, 1.165) is 35.5 Å². The van der Waals surface area contributed by atoms with Gasteiger partial charge in [-0.15, -0.1) is 11.3 Å². The molecule has 0 radical (unpaired) electrons. The number of aromatic amines is 1. The molecular weight excluding hydrogens is 402 g/mol. The highest BCUT2D eigenvalue weighted by Crippen LogP contribution is 2.32. The van der Waals surface area contributed by atoms with Gasteiger partial charge in [0.05, 0.1) is 34.4 Å². The van der Waals surface area contributed by atoms with Crippen molar-refractivity contribution in [3.05, 3.63) is 55.8 Å². The minimum atomic E-state index is -0.167. The number of H-pyrrole nitrogens is 1. The summed E-state index contributed by atoms with van der Waals surface area (Å²) in [4.78, 5) is 46.9. The zero-order valence-corrected chi connectivity index (χ0v) is 17.6. The lowest BCUT2D eigenvalue weighted by Gasteiger charge is -2.34. The molecule has 0 spiro atoms. The van der Waals surface area contributed by atoms with Gasteiger partial charge in [0.25, 0.3) is 11.5 Å². The van der Waals surface area contributed by atoms with Crippen molar-refractivity contribution in [1.82, 2.24) is 24.4 Å². The van der Waals surface area contributed by atoms with Crippen LogP contribution in [0.2, 0.25) is 0 Å². The van der Waals surface area contributed by atoms with Crippen molar-refractivity contribution >= 4 is 28.8 Å². The maximum Gasteiger partial charge on any atom is 0.277 e. The van der Waals surface area contributed by atoms with Crippen molar-refractivity contribution in [3.8, 4) is 0 Å². The number of thiophene rings is 1. The second-order valence-corrected chi connectivity index (χ2v) is 8.87. The Labute approximate surface area is 177 Å². The van der Waals surface area contributed by atoms with Crippen molar-refractivity contribution in [2.45, 2.75) is 45.2 Å². The minimum Gasteiger partial charge on any atom is -0.338 e. The average molecular weight is 426 g/mol. The zero-order chi connectivity index (χ0) is 20.8. The second kappa shape index (κ2) is 7.39. The molecule has 2 aliphatic heterocycles. The predicted octanol–water partition coefficient (Wildman–Crippen LogP) is 2.36. The van der Waals surface area contributed by atoms with Crippen LogP contribution in [0.25, 0.3) is 5.65 Å². The molecule has 8 nitrogen and oxygen atoms in total. The lowest BCUT2D eigenvalue weighted by molar-refractivity contribution is -0.129. The fraction of sp³-hybridized carbons (Fsp3) is 0.429. The summed E-state index contributed by atoms with van der Waals surface area (Å²) in [5.41, 5.74) is 2.56. The third-order valence-electron chi connectivity index (χ3n) is 6.08. The number of hydrogen-bond donors (Lipinski definition) is 1. The quantitative estimate of drug-likeness (QED) is 0.682. The molecule has 2 aliphatic rings. The molecule has 0 saturated carbocycles. The first-order valence-electron chi connectivity index (χ1n) is 10.3. The van der Waals surface area contributed by atoms with Gasteiger partial charge >= 0.3 is 0 Å². The highest BCUT2D eigenvalue weighted by molar-refractivity contribution is 7.12. The Morgan fingerprint density at radius 3 is 2.90 bits per heavy atom. The number of amides is 2. The maximum absolute atomic E-state index is 13.1. The van der Waals surface area contributed by atoms with Gasteiger partial charge in [-0.3, -0.25) is 19.5 Å². The summed E-state index contributed by atoms with van der Waals surface area (Å²) in [6.07, 6.45) is 3.42. The molecule has 1 N–H and O–H groups in total. The number of rotatable bonds is 2. The molecule has 9 heteroatoms. The third-order valence-corrected chi connectivity index (χ3v) is 6.94. The molecular formula is C21H23N5O3S. The van der Waals surface area contributed by atoms with Crippen LogP contribution >= 0.6 is 11.3 Å². The number of piperidine rings is 1. The zero-order valence-electron chi connectivity index (χ0n) is 16.8. The Kier molecular flexibility index (Phi) is 4.69. The monoisotopic (exact) mass is 425 g/mol. The molecule has 1 atom stereocenters. The normalized spacial score (nSPS) is 19.2. The van der Waals surface area contributed by atoms with Gasteiger partial charge in [0.1, 0.15) is 0 Å². The SMILES string of the molecule is CC(=O)N1CCc2nc3cc([C@H]4CCCCN4C(=O)c4cccs4)[nH]n3c(=O)c2C1. The standard InChI is InChI=1S/C21H23N5O3S/c1-13(27)24-9-7-15-14(12-24)20(28)26-19(22-15)11-16(23-26)17-5-2-3-8-25(17)21(29)18-6-4-10-30-18/h4,6,10-11,17,23H,2-3,5,7-9,12H2,1H3/t17-/m1/s1. The molecule has 30 heavy (non-hydrogen) atoms. The first-order valence-corrected chi connectivity index (χ1v) is 11.1. The minimum absolute atomic E-state index is 0.0325. The largest absolute Gasteiger partial charge is 0.338 e. The van der Waals surface area contributed by atoms with Crippen molar-refractivity contribution in [1.29, 1.82) is 0 Å². The molecule has 3 aromatic heterocycles. The number of carbonyl (C=O) groups excluding carboxylic acids is 2. The number of carbonyl (C=O) groups is 2. The maximum atomic E-state index is 13.1. The van der Waals surface area contributed by atoms with Gasteiger partial charge < -0.3 is 9.80 Å². The van der Waals surface area contributed by atoms with Gasteiger partial charge in [-0.2, -0.15) is 0 Å². The lowest BCUT2D eigenvalue weighted by atomic mass is 9.99. The highest BCUT2D eigenvalue weighted by atomic mass is 32.1. The van der Waals surface area contributed by atoms with Crippen LogP contribution in [-0.2, 0) is 17.8 Å². The van der Waals surface area contributed by atoms with Crippen molar-refractivity contribution in [3.63, 3.8) is 0 Å². The van der Waals surface area contributed by atoms with Crippen LogP contribution in [0.4, 0.5) is 0 Å². The summed E-state index contributed by atoms with van der Waals surface area (Å²) in [6, 6.07) is 5.52. The smallest absolute Gasteiger partial charge is 0.277 e. The van der Waals surface area contributed by atoms with Crippen LogP contribution in [0.5, 0.6) is 0 Å². The van der Waals surface area contributed by atoms with Crippen LogP contribution in [0.3, 0.4) is 0 Å². The van der Waals surface area contributed by atoms with Crippen molar-refractivity contribution in [2.75, 3.05) is 13.1 Å². The first-order chi connectivity index (χ1) is 14.5. The molecule has 1 fully saturated rings. The Morgan fingerprint density at radius 2 is 2.13 bits per heavy atom.